The molecule has 0 aliphatic carbocycles. The average Bonchev–Trinajstić information content (AvgIpc) is 2.54. The molecule has 0 aliphatic rings. The summed E-state index contributed by atoms with van der Waals surface area (Å²) >= 11 is 0. The highest BCUT2D eigenvalue weighted by Crippen LogP contribution is 2.29. The predicted molar refractivity (Wildman–Crippen MR) is 90.5 cm³/mol. The lowest BCUT2D eigenvalue weighted by atomic mass is 10.1. The van der Waals surface area contributed by atoms with Gasteiger partial charge < -0.3 is 15.8 Å². The van der Waals surface area contributed by atoms with Crippen molar-refractivity contribution in [1.82, 2.24) is 4.98 Å². The molecule has 22 heavy (non-hydrogen) atoms. The number of fused-ring (bicyclic) bond motifs is 1. The van der Waals surface area contributed by atoms with Gasteiger partial charge in [-0.15, -0.1) is 0 Å². The molecule has 4 nitrogen and oxygen atoms in total. The number of pyridine rings is 1. The third kappa shape index (κ3) is 3.18. The molecule has 112 valence electrons. The van der Waals surface area contributed by atoms with Crippen molar-refractivity contribution in [2.75, 3.05) is 18.4 Å². The molecule has 1 aromatic heterocycles. The minimum Gasteiger partial charge on any atom is -0.457 e. The minimum atomic E-state index is 0.586. The van der Waals surface area contributed by atoms with Crippen molar-refractivity contribution in [3.8, 4) is 11.5 Å². The van der Waals surface area contributed by atoms with Crippen molar-refractivity contribution in [2.45, 2.75) is 6.92 Å². The summed E-state index contributed by atoms with van der Waals surface area (Å²) < 4.78 is 5.90. The fraction of sp³-hybridized carbons (Fsp3) is 0.167. The molecule has 3 aromatic rings. The van der Waals surface area contributed by atoms with Crippen LogP contribution >= 0.6 is 0 Å². The first kappa shape index (κ1) is 14.4. The van der Waals surface area contributed by atoms with Gasteiger partial charge in [0.2, 0.25) is 0 Å². The first-order valence-corrected chi connectivity index (χ1v) is 7.34. The molecular formula is C18H19N3O. The largest absolute Gasteiger partial charge is 0.457 e. The third-order valence-corrected chi connectivity index (χ3v) is 3.35. The van der Waals surface area contributed by atoms with Gasteiger partial charge in [-0.2, -0.15) is 0 Å². The van der Waals surface area contributed by atoms with Crippen LogP contribution in [0.3, 0.4) is 0 Å². The quantitative estimate of drug-likeness (QED) is 0.753. The second-order valence-electron chi connectivity index (χ2n) is 5.12. The van der Waals surface area contributed by atoms with E-state index in [9.17, 15) is 0 Å². The summed E-state index contributed by atoms with van der Waals surface area (Å²) in [5.41, 5.74) is 8.54. The number of aromatic nitrogens is 1. The number of rotatable bonds is 5. The summed E-state index contributed by atoms with van der Waals surface area (Å²) in [5, 5.41) is 4.38. The maximum absolute atomic E-state index is 5.90. The standard InChI is InChI=1S/C18H19N3O/c1-13-11-18(20-10-9-19)16-12-15(7-8-17(16)21-13)22-14-5-3-2-4-6-14/h2-8,11-12H,9-10,19H2,1H3,(H,20,21). The second-order valence-corrected chi connectivity index (χ2v) is 5.12. The average molecular weight is 293 g/mol. The Morgan fingerprint density at radius 3 is 2.64 bits per heavy atom. The lowest BCUT2D eigenvalue weighted by Crippen LogP contribution is -2.13. The molecule has 4 heteroatoms. The van der Waals surface area contributed by atoms with E-state index in [4.69, 9.17) is 10.5 Å². The van der Waals surface area contributed by atoms with Gasteiger partial charge >= 0.3 is 0 Å². The molecule has 0 atom stereocenters. The van der Waals surface area contributed by atoms with Gasteiger partial charge in [0.15, 0.2) is 0 Å². The van der Waals surface area contributed by atoms with Crippen LogP contribution in [0.5, 0.6) is 11.5 Å². The SMILES string of the molecule is Cc1cc(NCCN)c2cc(Oc3ccccc3)ccc2n1. The van der Waals surface area contributed by atoms with Gasteiger partial charge in [0, 0.05) is 29.9 Å². The van der Waals surface area contributed by atoms with Gasteiger partial charge in [-0.3, -0.25) is 4.98 Å². The van der Waals surface area contributed by atoms with Crippen molar-refractivity contribution in [3.05, 3.63) is 60.3 Å². The van der Waals surface area contributed by atoms with E-state index >= 15 is 0 Å². The van der Waals surface area contributed by atoms with E-state index in [2.05, 4.69) is 10.3 Å². The molecule has 0 saturated heterocycles. The van der Waals surface area contributed by atoms with Gasteiger partial charge in [-0.05, 0) is 43.3 Å². The highest BCUT2D eigenvalue weighted by molar-refractivity contribution is 5.92. The number of aryl methyl sites for hydroxylation is 1. The van der Waals surface area contributed by atoms with Gasteiger partial charge in [0.25, 0.3) is 0 Å². The van der Waals surface area contributed by atoms with Crippen LogP contribution < -0.4 is 15.8 Å². The van der Waals surface area contributed by atoms with E-state index in [0.29, 0.717) is 6.54 Å². The van der Waals surface area contributed by atoms with Crippen molar-refractivity contribution in [1.29, 1.82) is 0 Å². The predicted octanol–water partition coefficient (Wildman–Crippen LogP) is 3.71. The third-order valence-electron chi connectivity index (χ3n) is 3.35. The lowest BCUT2D eigenvalue weighted by Gasteiger charge is -2.12. The summed E-state index contributed by atoms with van der Waals surface area (Å²) in [6.07, 6.45) is 0. The Hall–Kier alpha value is -2.59. The van der Waals surface area contributed by atoms with Gasteiger partial charge in [0.05, 0.1) is 5.52 Å². The fourth-order valence-corrected chi connectivity index (χ4v) is 2.38. The summed E-state index contributed by atoms with van der Waals surface area (Å²) in [5.74, 6) is 1.61. The number of para-hydroxylation sites is 1. The van der Waals surface area contributed by atoms with Crippen LogP contribution in [0.2, 0.25) is 0 Å². The Bertz CT molecular complexity index is 772. The Morgan fingerprint density at radius 2 is 1.86 bits per heavy atom. The van der Waals surface area contributed by atoms with Gasteiger partial charge in [-0.1, -0.05) is 18.2 Å². The van der Waals surface area contributed by atoms with Crippen molar-refractivity contribution in [2.24, 2.45) is 5.73 Å². The molecule has 1 heterocycles. The number of nitrogens with two attached hydrogens (primary N) is 1. The highest BCUT2D eigenvalue weighted by atomic mass is 16.5. The molecular weight excluding hydrogens is 274 g/mol. The normalized spacial score (nSPS) is 10.6. The molecule has 0 saturated carbocycles. The zero-order chi connectivity index (χ0) is 15.4. The zero-order valence-corrected chi connectivity index (χ0v) is 12.5. The van der Waals surface area contributed by atoms with Crippen LogP contribution in [0, 0.1) is 6.92 Å². The first-order valence-electron chi connectivity index (χ1n) is 7.34. The molecule has 2 aromatic carbocycles. The molecule has 0 unspecified atom stereocenters. The maximum atomic E-state index is 5.90. The Morgan fingerprint density at radius 1 is 1.05 bits per heavy atom. The molecule has 0 fully saturated rings. The first-order chi connectivity index (χ1) is 10.8. The van der Waals surface area contributed by atoms with E-state index in [0.717, 1.165) is 40.3 Å². The molecule has 0 bridgehead atoms. The minimum absolute atomic E-state index is 0.586. The number of nitrogens with one attached hydrogen (secondary N) is 1. The van der Waals surface area contributed by atoms with Crippen molar-refractivity contribution >= 4 is 16.6 Å². The van der Waals surface area contributed by atoms with Crippen LogP contribution in [-0.2, 0) is 0 Å². The second kappa shape index (κ2) is 6.45. The molecule has 0 aliphatic heterocycles. The highest BCUT2D eigenvalue weighted by Gasteiger charge is 2.06. The Balaban J connectivity index is 1.98. The lowest BCUT2D eigenvalue weighted by molar-refractivity contribution is 0.483. The van der Waals surface area contributed by atoms with Crippen LogP contribution in [0.15, 0.2) is 54.6 Å². The van der Waals surface area contributed by atoms with Crippen LogP contribution in [-0.4, -0.2) is 18.1 Å². The van der Waals surface area contributed by atoms with Crippen molar-refractivity contribution < 1.29 is 4.74 Å². The van der Waals surface area contributed by atoms with Crippen LogP contribution in [0.4, 0.5) is 5.69 Å². The number of ether oxygens (including phenoxy) is 1. The number of hydrogen-bond donors (Lipinski definition) is 2. The maximum Gasteiger partial charge on any atom is 0.128 e. The van der Waals surface area contributed by atoms with Gasteiger partial charge in [0.1, 0.15) is 11.5 Å². The van der Waals surface area contributed by atoms with E-state index in [1.165, 1.54) is 0 Å². The number of anilines is 1. The monoisotopic (exact) mass is 293 g/mol. The molecule has 3 N–H and O–H groups in total. The smallest absolute Gasteiger partial charge is 0.128 e. The fourth-order valence-electron chi connectivity index (χ4n) is 2.38. The van der Waals surface area contributed by atoms with E-state index < -0.39 is 0 Å². The Labute approximate surface area is 129 Å². The molecule has 0 spiro atoms. The van der Waals surface area contributed by atoms with Crippen molar-refractivity contribution in [3.63, 3.8) is 0 Å². The summed E-state index contributed by atoms with van der Waals surface area (Å²) in [4.78, 5) is 4.57. The molecule has 0 radical (unpaired) electrons. The van der Waals surface area contributed by atoms with Crippen LogP contribution in [0.1, 0.15) is 5.69 Å². The number of nitrogens with zero attached hydrogens (tertiary/aromatic N) is 1. The molecule has 0 amide bonds. The van der Waals surface area contributed by atoms with E-state index in [1.54, 1.807) is 0 Å². The Kier molecular flexibility index (Phi) is 4.21. The van der Waals surface area contributed by atoms with Gasteiger partial charge in [-0.25, -0.2) is 0 Å². The number of benzene rings is 2. The number of hydrogen-bond acceptors (Lipinski definition) is 4. The van der Waals surface area contributed by atoms with Crippen LogP contribution in [0.25, 0.3) is 10.9 Å². The summed E-state index contributed by atoms with van der Waals surface area (Å²) in [6.45, 7) is 3.30. The molecule has 3 rings (SSSR count). The summed E-state index contributed by atoms with van der Waals surface area (Å²) in [6, 6.07) is 17.7. The van der Waals surface area contributed by atoms with E-state index in [-0.39, 0.29) is 0 Å². The van der Waals surface area contributed by atoms with E-state index in [1.807, 2.05) is 61.5 Å². The zero-order valence-electron chi connectivity index (χ0n) is 12.5. The summed E-state index contributed by atoms with van der Waals surface area (Å²) in [7, 11) is 0. The topological polar surface area (TPSA) is 60.2 Å².